The molecule has 2 N–H and O–H groups in total. The number of carbonyl (C=O) groups is 1. The maximum Gasteiger partial charge on any atom is 0.226 e. The summed E-state index contributed by atoms with van der Waals surface area (Å²) in [6.07, 6.45) is 6.30. The van der Waals surface area contributed by atoms with E-state index >= 15 is 0 Å². The number of nitrogens with zero attached hydrogens (tertiary/aromatic N) is 1. The second-order valence-electron chi connectivity index (χ2n) is 6.22. The molecule has 0 saturated heterocycles. The molecule has 3 unspecified atom stereocenters. The third kappa shape index (κ3) is 2.83. The van der Waals surface area contributed by atoms with Crippen molar-refractivity contribution in [3.8, 4) is 0 Å². The highest BCUT2D eigenvalue weighted by molar-refractivity contribution is 5.85. The lowest BCUT2D eigenvalue weighted by molar-refractivity contribution is -0.174. The first-order chi connectivity index (χ1) is 9.06. The van der Waals surface area contributed by atoms with E-state index < -0.39 is 0 Å². The van der Waals surface area contributed by atoms with Crippen molar-refractivity contribution in [2.75, 3.05) is 20.2 Å². The van der Waals surface area contributed by atoms with Gasteiger partial charge < -0.3 is 15.4 Å². The van der Waals surface area contributed by atoms with Gasteiger partial charge in [0.15, 0.2) is 0 Å². The number of halogens is 1. The van der Waals surface area contributed by atoms with Gasteiger partial charge in [-0.05, 0) is 26.2 Å². The first-order valence-corrected chi connectivity index (χ1v) is 7.65. The molecule has 0 bridgehead atoms. The highest BCUT2D eigenvalue weighted by Gasteiger charge is 2.58. The minimum atomic E-state index is -0.0744. The lowest BCUT2D eigenvalue weighted by Gasteiger charge is -2.57. The topological polar surface area (TPSA) is 55.6 Å². The quantitative estimate of drug-likeness (QED) is 0.847. The van der Waals surface area contributed by atoms with Crippen LogP contribution in [0.4, 0.5) is 0 Å². The fraction of sp³-hybridized carbons (Fsp3) is 0.933. The monoisotopic (exact) mass is 304 g/mol. The van der Waals surface area contributed by atoms with Gasteiger partial charge in [0.05, 0.1) is 6.10 Å². The van der Waals surface area contributed by atoms with Crippen molar-refractivity contribution in [3.63, 3.8) is 0 Å². The third-order valence-electron chi connectivity index (χ3n) is 5.23. The number of carbonyl (C=O) groups excluding carboxylic acids is 1. The SMILES string of the molecule is CCOC1CC(N(C)C(=O)C(C)CN)C12CCCC2.Cl. The predicted molar refractivity (Wildman–Crippen MR) is 83.0 cm³/mol. The van der Waals surface area contributed by atoms with Gasteiger partial charge in [0.25, 0.3) is 0 Å². The highest BCUT2D eigenvalue weighted by Crippen LogP contribution is 2.56. The molecule has 0 aromatic rings. The van der Waals surface area contributed by atoms with Gasteiger partial charge in [-0.3, -0.25) is 4.79 Å². The molecular formula is C15H29ClN2O2. The molecule has 2 aliphatic rings. The second-order valence-corrected chi connectivity index (χ2v) is 6.22. The maximum atomic E-state index is 12.3. The summed E-state index contributed by atoms with van der Waals surface area (Å²) in [7, 11) is 1.95. The zero-order valence-electron chi connectivity index (χ0n) is 12.9. The fourth-order valence-electron chi connectivity index (χ4n) is 4.00. The molecule has 0 radical (unpaired) electrons. The molecule has 2 saturated carbocycles. The molecule has 0 aliphatic heterocycles. The Bertz CT molecular complexity index is 332. The highest BCUT2D eigenvalue weighted by atomic mass is 35.5. The number of hydrogen-bond acceptors (Lipinski definition) is 3. The van der Waals surface area contributed by atoms with Crippen LogP contribution in [0.1, 0.15) is 46.0 Å². The van der Waals surface area contributed by atoms with E-state index in [4.69, 9.17) is 10.5 Å². The Morgan fingerprint density at radius 1 is 1.45 bits per heavy atom. The van der Waals surface area contributed by atoms with Crippen LogP contribution in [-0.2, 0) is 9.53 Å². The van der Waals surface area contributed by atoms with Crippen LogP contribution in [0.25, 0.3) is 0 Å². The van der Waals surface area contributed by atoms with Crippen LogP contribution in [-0.4, -0.2) is 43.2 Å². The number of ether oxygens (including phenoxy) is 1. The van der Waals surface area contributed by atoms with Gasteiger partial charge in [-0.2, -0.15) is 0 Å². The molecule has 0 heterocycles. The van der Waals surface area contributed by atoms with E-state index in [1.165, 1.54) is 25.7 Å². The molecule has 2 aliphatic carbocycles. The molecule has 1 amide bonds. The molecule has 2 rings (SSSR count). The summed E-state index contributed by atoms with van der Waals surface area (Å²) in [4.78, 5) is 14.3. The molecular weight excluding hydrogens is 276 g/mol. The largest absolute Gasteiger partial charge is 0.378 e. The maximum absolute atomic E-state index is 12.3. The minimum absolute atomic E-state index is 0. The van der Waals surface area contributed by atoms with Gasteiger partial charge in [0.1, 0.15) is 0 Å². The van der Waals surface area contributed by atoms with E-state index in [1.807, 2.05) is 18.9 Å². The number of hydrogen-bond donors (Lipinski definition) is 1. The third-order valence-corrected chi connectivity index (χ3v) is 5.23. The Labute approximate surface area is 128 Å². The zero-order chi connectivity index (χ0) is 14.0. The average molecular weight is 305 g/mol. The molecule has 4 nitrogen and oxygen atoms in total. The minimum Gasteiger partial charge on any atom is -0.378 e. The van der Waals surface area contributed by atoms with E-state index in [1.54, 1.807) is 0 Å². The van der Waals surface area contributed by atoms with Crippen molar-refractivity contribution in [1.29, 1.82) is 0 Å². The van der Waals surface area contributed by atoms with Crippen molar-refractivity contribution < 1.29 is 9.53 Å². The Balaban J connectivity index is 0.00000200. The normalized spacial score (nSPS) is 28.6. The molecule has 0 aromatic heterocycles. The Morgan fingerprint density at radius 3 is 2.55 bits per heavy atom. The second kappa shape index (κ2) is 7.10. The summed E-state index contributed by atoms with van der Waals surface area (Å²) in [5, 5.41) is 0. The number of rotatable bonds is 5. The summed E-state index contributed by atoms with van der Waals surface area (Å²) in [6, 6.07) is 0.355. The molecule has 2 fully saturated rings. The van der Waals surface area contributed by atoms with Crippen LogP contribution < -0.4 is 5.73 Å². The Hall–Kier alpha value is -0.320. The fourth-order valence-corrected chi connectivity index (χ4v) is 4.00. The Morgan fingerprint density at radius 2 is 2.05 bits per heavy atom. The summed E-state index contributed by atoms with van der Waals surface area (Å²) < 4.78 is 5.90. The number of nitrogens with two attached hydrogens (primary N) is 1. The lowest BCUT2D eigenvalue weighted by Crippen LogP contribution is -2.64. The first-order valence-electron chi connectivity index (χ1n) is 7.65. The van der Waals surface area contributed by atoms with Crippen molar-refractivity contribution in [2.45, 2.75) is 58.1 Å². The van der Waals surface area contributed by atoms with E-state index in [0.717, 1.165) is 13.0 Å². The summed E-state index contributed by atoms with van der Waals surface area (Å²) in [5.74, 6) is 0.114. The average Bonchev–Trinajstić information content (AvgIpc) is 2.92. The summed E-state index contributed by atoms with van der Waals surface area (Å²) in [6.45, 7) is 5.17. The smallest absolute Gasteiger partial charge is 0.226 e. The van der Waals surface area contributed by atoms with E-state index in [0.29, 0.717) is 18.7 Å². The summed E-state index contributed by atoms with van der Waals surface area (Å²) >= 11 is 0. The van der Waals surface area contributed by atoms with Crippen LogP contribution in [0.15, 0.2) is 0 Å². The summed E-state index contributed by atoms with van der Waals surface area (Å²) in [5.41, 5.74) is 5.85. The van der Waals surface area contributed by atoms with Crippen LogP contribution in [0.5, 0.6) is 0 Å². The van der Waals surface area contributed by atoms with Crippen molar-refractivity contribution >= 4 is 18.3 Å². The van der Waals surface area contributed by atoms with Crippen molar-refractivity contribution in [1.82, 2.24) is 4.90 Å². The van der Waals surface area contributed by atoms with Crippen LogP contribution >= 0.6 is 12.4 Å². The van der Waals surface area contributed by atoms with E-state index in [-0.39, 0.29) is 29.6 Å². The van der Waals surface area contributed by atoms with E-state index in [2.05, 4.69) is 6.92 Å². The molecule has 0 aromatic carbocycles. The van der Waals surface area contributed by atoms with Crippen LogP contribution in [0, 0.1) is 11.3 Å². The van der Waals surface area contributed by atoms with Crippen molar-refractivity contribution in [3.05, 3.63) is 0 Å². The molecule has 5 heteroatoms. The zero-order valence-corrected chi connectivity index (χ0v) is 13.7. The lowest BCUT2D eigenvalue weighted by atomic mass is 9.60. The molecule has 118 valence electrons. The predicted octanol–water partition coefficient (Wildman–Crippen LogP) is 2.20. The first kappa shape index (κ1) is 17.7. The van der Waals surface area contributed by atoms with Gasteiger partial charge in [-0.25, -0.2) is 0 Å². The van der Waals surface area contributed by atoms with Crippen LogP contribution in [0.2, 0.25) is 0 Å². The van der Waals surface area contributed by atoms with Crippen LogP contribution in [0.3, 0.4) is 0 Å². The standard InChI is InChI=1S/C15H28N2O2.ClH/c1-4-19-13-9-12(15(13)7-5-6-8-15)17(3)14(18)11(2)10-16;/h11-13H,4-10,16H2,1-3H3;1H. The van der Waals surface area contributed by atoms with Gasteiger partial charge >= 0.3 is 0 Å². The van der Waals surface area contributed by atoms with Gasteiger partial charge in [0, 0.05) is 37.6 Å². The number of amides is 1. The molecule has 1 spiro atoms. The van der Waals surface area contributed by atoms with Gasteiger partial charge in [0.2, 0.25) is 5.91 Å². The Kier molecular flexibility index (Phi) is 6.29. The van der Waals surface area contributed by atoms with E-state index in [9.17, 15) is 4.79 Å². The molecule has 3 atom stereocenters. The van der Waals surface area contributed by atoms with Gasteiger partial charge in [-0.15, -0.1) is 12.4 Å². The molecule has 20 heavy (non-hydrogen) atoms. The van der Waals surface area contributed by atoms with Crippen molar-refractivity contribution in [2.24, 2.45) is 17.1 Å². The van der Waals surface area contributed by atoms with Gasteiger partial charge in [-0.1, -0.05) is 19.8 Å².